The first-order chi connectivity index (χ1) is 10.1. The van der Waals surface area contributed by atoms with E-state index in [1.165, 1.54) is 4.90 Å². The molecule has 0 saturated heterocycles. The Bertz CT molecular complexity index is 575. The van der Waals surface area contributed by atoms with Crippen LogP contribution in [0.5, 0.6) is 5.75 Å². The summed E-state index contributed by atoms with van der Waals surface area (Å²) in [5, 5.41) is 12.0. The fourth-order valence-electron chi connectivity index (χ4n) is 2.55. The Kier molecular flexibility index (Phi) is 3.45. The molecule has 2 amide bonds. The molecule has 1 fully saturated rings. The smallest absolute Gasteiger partial charge is 0.346 e. The summed E-state index contributed by atoms with van der Waals surface area (Å²) in [7, 11) is 0. The van der Waals surface area contributed by atoms with E-state index in [4.69, 9.17) is 9.84 Å². The van der Waals surface area contributed by atoms with Gasteiger partial charge in [0.15, 0.2) is 0 Å². The van der Waals surface area contributed by atoms with Crippen molar-refractivity contribution in [3.05, 3.63) is 24.3 Å². The van der Waals surface area contributed by atoms with Crippen molar-refractivity contribution in [2.75, 3.05) is 18.0 Å². The van der Waals surface area contributed by atoms with Gasteiger partial charge in [0.1, 0.15) is 5.75 Å². The molecule has 3 unspecified atom stereocenters. The molecular formula is C15H18N2O4. The van der Waals surface area contributed by atoms with Crippen LogP contribution in [0.4, 0.5) is 10.5 Å². The van der Waals surface area contributed by atoms with Crippen LogP contribution >= 0.6 is 0 Å². The topological polar surface area (TPSA) is 78.9 Å². The van der Waals surface area contributed by atoms with Crippen LogP contribution in [0.3, 0.4) is 0 Å². The van der Waals surface area contributed by atoms with Gasteiger partial charge in [-0.3, -0.25) is 4.90 Å². The van der Waals surface area contributed by atoms with Crippen molar-refractivity contribution >= 4 is 17.7 Å². The zero-order valence-electron chi connectivity index (χ0n) is 11.8. The summed E-state index contributed by atoms with van der Waals surface area (Å²) in [6, 6.07) is 6.72. The van der Waals surface area contributed by atoms with Crippen LogP contribution in [0.2, 0.25) is 0 Å². The number of para-hydroxylation sites is 2. The minimum absolute atomic E-state index is 0.0123. The molecule has 3 atom stereocenters. The Labute approximate surface area is 122 Å². The Balaban J connectivity index is 1.75. The number of carbonyl (C=O) groups excluding carboxylic acids is 1. The van der Waals surface area contributed by atoms with Crippen LogP contribution in [-0.4, -0.2) is 36.3 Å². The third-order valence-corrected chi connectivity index (χ3v) is 4.09. The highest BCUT2D eigenvalue weighted by molar-refractivity contribution is 5.95. The van der Waals surface area contributed by atoms with Crippen molar-refractivity contribution in [3.63, 3.8) is 0 Å². The van der Waals surface area contributed by atoms with Crippen molar-refractivity contribution < 1.29 is 19.4 Å². The lowest BCUT2D eigenvalue weighted by atomic mass is 10.2. The number of carboxylic acids is 1. The van der Waals surface area contributed by atoms with Gasteiger partial charge in [0, 0.05) is 6.54 Å². The fraction of sp³-hybridized carbons (Fsp3) is 0.467. The molecule has 2 aliphatic rings. The minimum atomic E-state index is -1.07. The Hall–Kier alpha value is -2.24. The van der Waals surface area contributed by atoms with Crippen LogP contribution in [-0.2, 0) is 4.79 Å². The normalized spacial score (nSPS) is 26.5. The van der Waals surface area contributed by atoms with Crippen molar-refractivity contribution in [1.29, 1.82) is 0 Å². The second-order valence-corrected chi connectivity index (χ2v) is 5.68. The van der Waals surface area contributed by atoms with Gasteiger partial charge in [0.2, 0.25) is 6.10 Å². The summed E-state index contributed by atoms with van der Waals surface area (Å²) < 4.78 is 5.41. The summed E-state index contributed by atoms with van der Waals surface area (Å²) in [5.41, 5.74) is 0.608. The molecule has 6 nitrogen and oxygen atoms in total. The minimum Gasteiger partial charge on any atom is -0.478 e. The summed E-state index contributed by atoms with van der Waals surface area (Å²) >= 11 is 0. The van der Waals surface area contributed by atoms with E-state index in [-0.39, 0.29) is 12.6 Å². The van der Waals surface area contributed by atoms with Crippen molar-refractivity contribution in [2.45, 2.75) is 19.4 Å². The number of carbonyl (C=O) groups is 2. The van der Waals surface area contributed by atoms with Gasteiger partial charge in [-0.2, -0.15) is 0 Å². The Morgan fingerprint density at radius 3 is 2.81 bits per heavy atom. The average Bonchev–Trinajstić information content (AvgIpc) is 3.19. The number of rotatable bonds is 3. The van der Waals surface area contributed by atoms with Gasteiger partial charge in [-0.1, -0.05) is 19.1 Å². The highest BCUT2D eigenvalue weighted by Gasteiger charge is 2.36. The van der Waals surface area contributed by atoms with E-state index in [9.17, 15) is 9.59 Å². The number of fused-ring (bicyclic) bond motifs is 1. The summed E-state index contributed by atoms with van der Waals surface area (Å²) in [6.07, 6.45) is 0.100. The molecule has 21 heavy (non-hydrogen) atoms. The molecule has 1 aromatic rings. The SMILES string of the molecule is CC1CC1CNC(=O)N1CC(C(=O)O)Oc2ccccc21. The molecule has 6 heteroatoms. The first kappa shape index (κ1) is 13.7. The van der Waals surface area contributed by atoms with Gasteiger partial charge in [-0.15, -0.1) is 0 Å². The maximum atomic E-state index is 12.3. The van der Waals surface area contributed by atoms with Gasteiger partial charge in [0.05, 0.1) is 12.2 Å². The van der Waals surface area contributed by atoms with Crippen LogP contribution in [0.15, 0.2) is 24.3 Å². The molecule has 2 N–H and O–H groups in total. The van der Waals surface area contributed by atoms with E-state index in [1.54, 1.807) is 24.3 Å². The van der Waals surface area contributed by atoms with E-state index in [1.807, 2.05) is 0 Å². The molecule has 112 valence electrons. The average molecular weight is 290 g/mol. The molecule has 0 spiro atoms. The van der Waals surface area contributed by atoms with Crippen LogP contribution in [0, 0.1) is 11.8 Å². The molecule has 0 aromatic heterocycles. The first-order valence-electron chi connectivity index (χ1n) is 7.10. The lowest BCUT2D eigenvalue weighted by molar-refractivity contribution is -0.144. The first-order valence-corrected chi connectivity index (χ1v) is 7.10. The highest BCUT2D eigenvalue weighted by atomic mass is 16.5. The number of anilines is 1. The highest BCUT2D eigenvalue weighted by Crippen LogP contribution is 2.37. The van der Waals surface area contributed by atoms with Crippen LogP contribution < -0.4 is 15.0 Å². The number of hydrogen-bond acceptors (Lipinski definition) is 3. The van der Waals surface area contributed by atoms with Gasteiger partial charge in [0.25, 0.3) is 0 Å². The largest absolute Gasteiger partial charge is 0.478 e. The molecule has 1 aliphatic heterocycles. The number of nitrogens with zero attached hydrogens (tertiary/aromatic N) is 1. The molecule has 1 aromatic carbocycles. The maximum Gasteiger partial charge on any atom is 0.346 e. The maximum absolute atomic E-state index is 12.3. The molecule has 1 heterocycles. The van der Waals surface area contributed by atoms with Crippen LogP contribution in [0.1, 0.15) is 13.3 Å². The molecule has 0 bridgehead atoms. The van der Waals surface area contributed by atoms with E-state index >= 15 is 0 Å². The lowest BCUT2D eigenvalue weighted by Gasteiger charge is -2.33. The predicted octanol–water partition coefficient (Wildman–Crippen LogP) is 1.70. The molecule has 1 saturated carbocycles. The lowest BCUT2D eigenvalue weighted by Crippen LogP contribution is -2.50. The van der Waals surface area contributed by atoms with Crippen molar-refractivity contribution in [2.24, 2.45) is 11.8 Å². The molecule has 3 rings (SSSR count). The van der Waals surface area contributed by atoms with E-state index in [0.29, 0.717) is 29.8 Å². The number of carboxylic acid groups (broad SMARTS) is 1. The molecule has 1 aliphatic carbocycles. The quantitative estimate of drug-likeness (QED) is 0.888. The zero-order valence-corrected chi connectivity index (χ0v) is 11.8. The third-order valence-electron chi connectivity index (χ3n) is 4.09. The van der Waals surface area contributed by atoms with E-state index in [2.05, 4.69) is 12.2 Å². The van der Waals surface area contributed by atoms with Crippen molar-refractivity contribution in [3.8, 4) is 5.75 Å². The number of ether oxygens (including phenoxy) is 1. The van der Waals surface area contributed by atoms with Gasteiger partial charge < -0.3 is 15.2 Å². The van der Waals surface area contributed by atoms with Gasteiger partial charge in [-0.05, 0) is 30.4 Å². The fourth-order valence-corrected chi connectivity index (χ4v) is 2.55. The Morgan fingerprint density at radius 1 is 1.43 bits per heavy atom. The zero-order chi connectivity index (χ0) is 15.0. The van der Waals surface area contributed by atoms with Gasteiger partial charge >= 0.3 is 12.0 Å². The number of benzene rings is 1. The second-order valence-electron chi connectivity index (χ2n) is 5.68. The standard InChI is InChI=1S/C15H18N2O4/c1-9-6-10(9)7-16-15(20)17-8-13(14(18)19)21-12-5-3-2-4-11(12)17/h2-5,9-10,13H,6-8H2,1H3,(H,16,20)(H,18,19). The number of urea groups is 1. The molecule has 0 radical (unpaired) electrons. The Morgan fingerprint density at radius 2 is 2.14 bits per heavy atom. The third kappa shape index (κ3) is 2.79. The number of nitrogens with one attached hydrogen (secondary N) is 1. The van der Waals surface area contributed by atoms with Crippen molar-refractivity contribution in [1.82, 2.24) is 5.32 Å². The summed E-state index contributed by atoms with van der Waals surface area (Å²) in [5.74, 6) is 0.554. The number of amides is 2. The van der Waals surface area contributed by atoms with E-state index in [0.717, 1.165) is 6.42 Å². The summed E-state index contributed by atoms with van der Waals surface area (Å²) in [6.45, 7) is 2.80. The van der Waals surface area contributed by atoms with Crippen LogP contribution in [0.25, 0.3) is 0 Å². The summed E-state index contributed by atoms with van der Waals surface area (Å²) in [4.78, 5) is 25.0. The number of aliphatic carboxylic acids is 1. The second kappa shape index (κ2) is 5.27. The predicted molar refractivity (Wildman–Crippen MR) is 76.5 cm³/mol. The molecular weight excluding hydrogens is 272 g/mol. The number of hydrogen-bond donors (Lipinski definition) is 2. The van der Waals surface area contributed by atoms with Gasteiger partial charge in [-0.25, -0.2) is 9.59 Å². The monoisotopic (exact) mass is 290 g/mol. The van der Waals surface area contributed by atoms with E-state index < -0.39 is 12.1 Å².